The van der Waals surface area contributed by atoms with Crippen LogP contribution in [0.2, 0.25) is 5.02 Å². The molecule has 47 heavy (non-hydrogen) atoms. The van der Waals surface area contributed by atoms with E-state index in [0.717, 1.165) is 37.8 Å². The Labute approximate surface area is 271 Å². The topological polar surface area (TPSA) is 88.8 Å². The summed E-state index contributed by atoms with van der Waals surface area (Å²) in [6.07, 6.45) is -1.25. The molecule has 8 nitrogen and oxygen atoms in total. The van der Waals surface area contributed by atoms with Crippen LogP contribution in [0, 0.1) is 12.7 Å². The fourth-order valence-corrected chi connectivity index (χ4v) is 8.98. The Morgan fingerprint density at radius 3 is 2.79 bits per heavy atom. The minimum absolute atomic E-state index is 0.00866. The summed E-state index contributed by atoms with van der Waals surface area (Å²) < 4.78 is 102. The number of hydrogen-bond donors (Lipinski definition) is 2. The van der Waals surface area contributed by atoms with Gasteiger partial charge in [0.2, 0.25) is 0 Å². The van der Waals surface area contributed by atoms with Crippen molar-refractivity contribution in [2.24, 2.45) is 0 Å². The van der Waals surface area contributed by atoms with E-state index in [2.05, 4.69) is 10.3 Å². The van der Waals surface area contributed by atoms with Crippen LogP contribution in [0.5, 0.6) is 11.8 Å². The summed E-state index contributed by atoms with van der Waals surface area (Å²) in [6, 6.07) is 1.82. The number of halogens is 7. The molecule has 0 unspecified atom stereocenters. The van der Waals surface area contributed by atoms with Crippen molar-refractivity contribution in [3.05, 3.63) is 34.1 Å². The van der Waals surface area contributed by atoms with Gasteiger partial charge < -0.3 is 25.4 Å². The number of nitrogens with zero attached hydrogens (tertiary/aromatic N) is 4. The first-order valence-corrected chi connectivity index (χ1v) is 16.2. The van der Waals surface area contributed by atoms with Crippen LogP contribution in [0.25, 0.3) is 22.0 Å². The highest BCUT2D eigenvalue weighted by Crippen LogP contribution is 2.52. The van der Waals surface area contributed by atoms with E-state index in [4.69, 9.17) is 31.8 Å². The van der Waals surface area contributed by atoms with Gasteiger partial charge in [0.25, 0.3) is 5.92 Å². The van der Waals surface area contributed by atoms with Crippen molar-refractivity contribution in [3.8, 4) is 22.9 Å². The monoisotopic (exact) mass is 682 g/mol. The van der Waals surface area contributed by atoms with Crippen molar-refractivity contribution in [1.29, 1.82) is 0 Å². The summed E-state index contributed by atoms with van der Waals surface area (Å²) in [4.78, 5) is 12.9. The first kappa shape index (κ1) is 31.1. The molecule has 2 aromatic carbocycles. The number of nitrogens with two attached hydrogens (primary N) is 1. The van der Waals surface area contributed by atoms with Crippen LogP contribution in [0.3, 0.4) is 0 Å². The Hall–Kier alpha value is -3.23. The smallest absolute Gasteiger partial charge is 0.417 e. The lowest BCUT2D eigenvalue weighted by atomic mass is 9.88. The van der Waals surface area contributed by atoms with Crippen LogP contribution in [0.15, 0.2) is 12.1 Å². The predicted molar refractivity (Wildman–Crippen MR) is 164 cm³/mol. The molecule has 0 spiro atoms. The minimum atomic E-state index is -4.86. The van der Waals surface area contributed by atoms with Crippen LogP contribution in [-0.2, 0) is 6.18 Å². The highest BCUT2D eigenvalue weighted by molar-refractivity contribution is 6.36. The van der Waals surface area contributed by atoms with Gasteiger partial charge in [0.05, 0.1) is 34.1 Å². The number of rotatable bonds is 4. The molecule has 4 saturated heterocycles. The van der Waals surface area contributed by atoms with Crippen molar-refractivity contribution < 1.29 is 35.8 Å². The van der Waals surface area contributed by atoms with Gasteiger partial charge in [0.15, 0.2) is 11.6 Å². The number of piperazine rings is 1. The van der Waals surface area contributed by atoms with Gasteiger partial charge in [-0.3, -0.25) is 4.90 Å². The summed E-state index contributed by atoms with van der Waals surface area (Å²) in [5, 5.41) is 3.39. The molecule has 0 radical (unpaired) electrons. The molecule has 0 saturated carbocycles. The van der Waals surface area contributed by atoms with Crippen LogP contribution >= 0.6 is 11.6 Å². The quantitative estimate of drug-likeness (QED) is 0.244. The van der Waals surface area contributed by atoms with Crippen molar-refractivity contribution in [3.63, 3.8) is 0 Å². The Morgan fingerprint density at radius 1 is 1.19 bits per heavy atom. The zero-order valence-electron chi connectivity index (χ0n) is 25.5. The number of ether oxygens (including phenoxy) is 2. The Bertz CT molecular complexity index is 1790. The van der Waals surface area contributed by atoms with Gasteiger partial charge in [-0.1, -0.05) is 18.0 Å². The maximum absolute atomic E-state index is 17.0. The van der Waals surface area contributed by atoms with E-state index in [1.165, 1.54) is 6.92 Å². The average molecular weight is 683 g/mol. The lowest BCUT2D eigenvalue weighted by Gasteiger charge is -2.48. The maximum atomic E-state index is 17.0. The Kier molecular flexibility index (Phi) is 7.03. The zero-order chi connectivity index (χ0) is 33.0. The first-order valence-electron chi connectivity index (χ1n) is 15.9. The first-order chi connectivity index (χ1) is 22.2. The Balaban J connectivity index is 1.33. The summed E-state index contributed by atoms with van der Waals surface area (Å²) in [6.45, 7) is 1.84. The molecule has 0 aliphatic carbocycles. The van der Waals surface area contributed by atoms with Crippen molar-refractivity contribution in [2.75, 3.05) is 43.5 Å². The number of piperidine rings is 1. The van der Waals surface area contributed by atoms with Gasteiger partial charge in [-0.2, -0.15) is 23.1 Å². The van der Waals surface area contributed by atoms with Gasteiger partial charge >= 0.3 is 12.2 Å². The van der Waals surface area contributed by atoms with E-state index >= 15 is 4.39 Å². The van der Waals surface area contributed by atoms with Crippen LogP contribution in [0.1, 0.15) is 49.7 Å². The summed E-state index contributed by atoms with van der Waals surface area (Å²) in [7, 11) is 0. The lowest BCUT2D eigenvalue weighted by molar-refractivity contribution is -0.137. The van der Waals surface area contributed by atoms with E-state index in [9.17, 15) is 22.0 Å². The number of alkyl halides is 5. The zero-order valence-corrected chi connectivity index (χ0v) is 26.2. The predicted octanol–water partition coefficient (Wildman–Crippen LogP) is 6.34. The molecule has 4 atom stereocenters. The second-order valence-corrected chi connectivity index (χ2v) is 14.0. The molecular weight excluding hydrogens is 650 g/mol. The van der Waals surface area contributed by atoms with Crippen molar-refractivity contribution in [1.82, 2.24) is 20.2 Å². The molecule has 4 fully saturated rings. The molecule has 3 aromatic rings. The average Bonchev–Trinajstić information content (AvgIpc) is 3.41. The molecule has 3 N–H and O–H groups in total. The fraction of sp³-hybridized carbons (Fsp3) is 0.562. The molecular formula is C32H33ClF6N6O2. The third-order valence-electron chi connectivity index (χ3n) is 10.5. The number of aromatic nitrogens is 2. The number of aryl methyl sites for hydroxylation is 1. The molecule has 0 amide bonds. The molecule has 252 valence electrons. The van der Waals surface area contributed by atoms with Crippen LogP contribution < -0.4 is 25.4 Å². The fourth-order valence-electron chi connectivity index (χ4n) is 8.65. The summed E-state index contributed by atoms with van der Waals surface area (Å²) in [5.41, 5.74) is 2.32. The standard InChI is InChI=1S/C32H33ClF6N6O2/c1-15-8-16(40)9-18(23(15)32(37,38)39)21-24(33)27-22-26(25(21)34)42-29(47-14-30-6-3-7-44(30)13-31(35,36)12-30)43-28(22)45-10-17-4-2-5-19(41-17)20(45)11-46-27/h8-9,17,19-20,41H,2-7,10-14,40H2,1H3/t17-,19+,20-,30-/m1/s1. The molecule has 5 aliphatic rings. The molecule has 2 bridgehead atoms. The molecule has 15 heteroatoms. The van der Waals surface area contributed by atoms with E-state index in [0.29, 0.717) is 19.5 Å². The van der Waals surface area contributed by atoms with Gasteiger partial charge in [-0.25, -0.2) is 13.2 Å². The van der Waals surface area contributed by atoms with E-state index in [1.807, 2.05) is 4.90 Å². The van der Waals surface area contributed by atoms with E-state index < -0.39 is 40.1 Å². The van der Waals surface area contributed by atoms with Crippen molar-refractivity contribution >= 4 is 34.0 Å². The second-order valence-electron chi connectivity index (χ2n) is 13.6. The molecule has 8 rings (SSSR count). The number of nitrogen functional groups attached to an aromatic ring is 1. The molecule has 1 aromatic heterocycles. The van der Waals surface area contributed by atoms with Gasteiger partial charge in [-0.15, -0.1) is 0 Å². The van der Waals surface area contributed by atoms with Crippen LogP contribution in [0.4, 0.5) is 37.8 Å². The SMILES string of the molecule is Cc1cc(N)cc(-c2c(Cl)c3c4c(nc(OC[C@]56CCCN5CC(F)(F)C6)nc4c2F)N2C[C@H]4CCC[C@H](N4)[C@H]2CO3)c1C(F)(F)F. The number of nitrogens with one attached hydrogen (secondary N) is 1. The van der Waals surface area contributed by atoms with Gasteiger partial charge in [-0.05, 0) is 56.8 Å². The molecule has 6 heterocycles. The second kappa shape index (κ2) is 10.6. The number of hydrogen-bond acceptors (Lipinski definition) is 8. The van der Waals surface area contributed by atoms with Gasteiger partial charge in [0, 0.05) is 41.9 Å². The molecule has 5 aliphatic heterocycles. The highest BCUT2D eigenvalue weighted by Gasteiger charge is 2.57. The number of anilines is 2. The normalized spacial score (nSPS) is 28.2. The third kappa shape index (κ3) is 4.96. The van der Waals surface area contributed by atoms with Crippen molar-refractivity contribution in [2.45, 2.75) is 81.2 Å². The Morgan fingerprint density at radius 2 is 2.00 bits per heavy atom. The highest BCUT2D eigenvalue weighted by atomic mass is 35.5. The van der Waals surface area contributed by atoms with Crippen LogP contribution in [-0.4, -0.2) is 77.3 Å². The maximum Gasteiger partial charge on any atom is 0.417 e. The summed E-state index contributed by atoms with van der Waals surface area (Å²) in [5.74, 6) is -3.75. The van der Waals surface area contributed by atoms with Gasteiger partial charge in [0.1, 0.15) is 24.5 Å². The largest absolute Gasteiger partial charge is 0.489 e. The number of benzene rings is 2. The lowest BCUT2D eigenvalue weighted by Crippen LogP contribution is -2.65. The minimum Gasteiger partial charge on any atom is -0.489 e. The van der Waals surface area contributed by atoms with E-state index in [-0.39, 0.29) is 89.1 Å². The van der Waals surface area contributed by atoms with E-state index in [1.54, 1.807) is 4.90 Å². The number of fused-ring (bicyclic) bond motifs is 6. The summed E-state index contributed by atoms with van der Waals surface area (Å²) >= 11 is 6.84. The third-order valence-corrected chi connectivity index (χ3v) is 10.9.